The average molecular weight is 400 g/mol. The third-order valence-electron chi connectivity index (χ3n) is 4.43. The van der Waals surface area contributed by atoms with Crippen molar-refractivity contribution in [3.05, 3.63) is 80.6 Å². The van der Waals surface area contributed by atoms with Crippen LogP contribution in [-0.4, -0.2) is 15.5 Å². The number of halogens is 1. The van der Waals surface area contributed by atoms with Gasteiger partial charge >= 0.3 is 5.69 Å². The van der Waals surface area contributed by atoms with Crippen LogP contribution >= 0.6 is 0 Å². The van der Waals surface area contributed by atoms with Gasteiger partial charge in [0.1, 0.15) is 17.4 Å². The quantitative estimate of drug-likeness (QED) is 0.632. The van der Waals surface area contributed by atoms with E-state index in [0.717, 1.165) is 17.4 Å². The number of hydrogen-bond acceptors (Lipinski definition) is 5. The predicted molar refractivity (Wildman–Crippen MR) is 106 cm³/mol. The first-order valence-electron chi connectivity index (χ1n) is 9.14. The normalized spacial score (nSPS) is 10.8. The number of nitrogen functional groups attached to an aromatic ring is 1. The minimum atomic E-state index is -0.809. The van der Waals surface area contributed by atoms with E-state index >= 15 is 0 Å². The molecule has 0 saturated heterocycles. The van der Waals surface area contributed by atoms with Crippen LogP contribution in [0.25, 0.3) is 0 Å². The van der Waals surface area contributed by atoms with Gasteiger partial charge in [0.05, 0.1) is 12.8 Å². The lowest BCUT2D eigenvalue weighted by molar-refractivity contribution is 0.0982. The monoisotopic (exact) mass is 400 g/mol. The number of carbonyl (C=O) groups excluding carboxylic acids is 1. The third-order valence-corrected chi connectivity index (χ3v) is 4.43. The summed E-state index contributed by atoms with van der Waals surface area (Å²) < 4.78 is 20.2. The van der Waals surface area contributed by atoms with Crippen molar-refractivity contribution < 1.29 is 13.6 Å². The molecule has 0 aliphatic carbocycles. The van der Waals surface area contributed by atoms with Crippen LogP contribution in [0.3, 0.4) is 0 Å². The van der Waals surface area contributed by atoms with Gasteiger partial charge in [-0.2, -0.15) is 0 Å². The first-order chi connectivity index (χ1) is 13.9. The van der Waals surface area contributed by atoms with Crippen LogP contribution in [0.4, 0.5) is 15.9 Å². The minimum absolute atomic E-state index is 0.0293. The van der Waals surface area contributed by atoms with Gasteiger partial charge in [-0.15, -0.1) is 0 Å². The maximum atomic E-state index is 13.7. The highest BCUT2D eigenvalue weighted by atomic mass is 19.1. The van der Waals surface area contributed by atoms with E-state index in [9.17, 15) is 18.8 Å². The van der Waals surface area contributed by atoms with E-state index in [-0.39, 0.29) is 30.2 Å². The lowest BCUT2D eigenvalue weighted by atomic mass is 10.1. The summed E-state index contributed by atoms with van der Waals surface area (Å²) in [6.45, 7) is 2.11. The standard InChI is InChI=1S/C20H21FN4O4/c1-2-3-9-24-17(22)16(18(26)23-20(24)28)25(12-15-8-5-10-29-15)19(27)13-6-4-7-14(21)11-13/h4-8,10-11H,2-3,9,12,22H2,1H3,(H,23,26,28). The summed E-state index contributed by atoms with van der Waals surface area (Å²) in [5.74, 6) is -0.995. The van der Waals surface area contributed by atoms with Crippen molar-refractivity contribution >= 4 is 17.4 Å². The van der Waals surface area contributed by atoms with Crippen molar-refractivity contribution in [3.63, 3.8) is 0 Å². The van der Waals surface area contributed by atoms with Gasteiger partial charge < -0.3 is 10.2 Å². The number of benzene rings is 1. The van der Waals surface area contributed by atoms with Gasteiger partial charge in [0.25, 0.3) is 11.5 Å². The van der Waals surface area contributed by atoms with E-state index in [4.69, 9.17) is 10.2 Å². The Bertz CT molecular complexity index is 1120. The Kier molecular flexibility index (Phi) is 5.96. The van der Waals surface area contributed by atoms with Crippen molar-refractivity contribution in [1.82, 2.24) is 9.55 Å². The Morgan fingerprint density at radius 3 is 2.72 bits per heavy atom. The number of aromatic amines is 1. The van der Waals surface area contributed by atoms with Crippen molar-refractivity contribution in [2.45, 2.75) is 32.9 Å². The number of anilines is 2. The number of H-pyrrole nitrogens is 1. The number of aromatic nitrogens is 2. The fraction of sp³-hybridized carbons (Fsp3) is 0.250. The van der Waals surface area contributed by atoms with E-state index in [2.05, 4.69) is 4.98 Å². The van der Waals surface area contributed by atoms with Crippen LogP contribution in [-0.2, 0) is 13.1 Å². The molecule has 1 amide bonds. The zero-order valence-electron chi connectivity index (χ0n) is 15.9. The number of nitrogens with two attached hydrogens (primary N) is 1. The SMILES string of the molecule is CCCCn1c(N)c(N(Cc2ccco2)C(=O)c2cccc(F)c2)c(=O)[nH]c1=O. The molecule has 3 N–H and O–H groups in total. The second-order valence-corrected chi connectivity index (χ2v) is 6.48. The largest absolute Gasteiger partial charge is 0.467 e. The van der Waals surface area contributed by atoms with Gasteiger partial charge in [-0.05, 0) is 36.8 Å². The number of rotatable bonds is 7. The molecule has 0 aliphatic heterocycles. The van der Waals surface area contributed by atoms with Crippen LogP contribution in [0.1, 0.15) is 35.9 Å². The zero-order chi connectivity index (χ0) is 21.0. The van der Waals surface area contributed by atoms with Crippen molar-refractivity contribution in [3.8, 4) is 0 Å². The molecule has 0 unspecified atom stereocenters. The second-order valence-electron chi connectivity index (χ2n) is 6.48. The minimum Gasteiger partial charge on any atom is -0.467 e. The first-order valence-corrected chi connectivity index (χ1v) is 9.14. The van der Waals surface area contributed by atoms with E-state index in [1.54, 1.807) is 12.1 Å². The highest BCUT2D eigenvalue weighted by molar-refractivity contribution is 6.07. The zero-order valence-corrected chi connectivity index (χ0v) is 15.9. The Balaban J connectivity index is 2.15. The van der Waals surface area contributed by atoms with Crippen LogP contribution in [0.2, 0.25) is 0 Å². The molecule has 2 heterocycles. The maximum Gasteiger partial charge on any atom is 0.330 e. The van der Waals surface area contributed by atoms with Gasteiger partial charge in [0.2, 0.25) is 0 Å². The highest BCUT2D eigenvalue weighted by Crippen LogP contribution is 2.22. The summed E-state index contributed by atoms with van der Waals surface area (Å²) in [4.78, 5) is 41.3. The van der Waals surface area contributed by atoms with E-state index in [1.165, 1.54) is 29.0 Å². The summed E-state index contributed by atoms with van der Waals surface area (Å²) in [7, 11) is 0. The third kappa shape index (κ3) is 4.29. The Hall–Kier alpha value is -3.62. The van der Waals surface area contributed by atoms with Crippen molar-refractivity contribution in [1.29, 1.82) is 0 Å². The lowest BCUT2D eigenvalue weighted by Gasteiger charge is -2.24. The van der Waals surface area contributed by atoms with Crippen LogP contribution in [0.15, 0.2) is 56.7 Å². The molecule has 1 aromatic carbocycles. The molecule has 0 saturated carbocycles. The van der Waals surface area contributed by atoms with Gasteiger partial charge in [0, 0.05) is 12.1 Å². The van der Waals surface area contributed by atoms with E-state index in [0.29, 0.717) is 12.2 Å². The molecule has 2 aromatic heterocycles. The number of furan rings is 1. The number of carbonyl (C=O) groups is 1. The fourth-order valence-electron chi connectivity index (χ4n) is 2.96. The highest BCUT2D eigenvalue weighted by Gasteiger charge is 2.26. The Labute approximate surface area is 165 Å². The average Bonchev–Trinajstić information content (AvgIpc) is 3.19. The first kappa shape index (κ1) is 20.1. The Morgan fingerprint density at radius 2 is 2.07 bits per heavy atom. The molecule has 0 spiro atoms. The molecule has 29 heavy (non-hydrogen) atoms. The lowest BCUT2D eigenvalue weighted by Crippen LogP contribution is -2.41. The molecule has 0 fully saturated rings. The molecule has 9 heteroatoms. The van der Waals surface area contributed by atoms with Gasteiger partial charge in [-0.1, -0.05) is 19.4 Å². The smallest absolute Gasteiger partial charge is 0.330 e. The number of hydrogen-bond donors (Lipinski definition) is 2. The molecule has 0 bridgehead atoms. The van der Waals surface area contributed by atoms with Crippen molar-refractivity contribution in [2.24, 2.45) is 0 Å². The number of nitrogens with one attached hydrogen (secondary N) is 1. The summed E-state index contributed by atoms with van der Waals surface area (Å²) in [6.07, 6.45) is 2.89. The Morgan fingerprint density at radius 1 is 1.28 bits per heavy atom. The van der Waals surface area contributed by atoms with E-state index < -0.39 is 23.0 Å². The molecule has 152 valence electrons. The van der Waals surface area contributed by atoms with Gasteiger partial charge in [-0.25, -0.2) is 9.18 Å². The molecule has 3 rings (SSSR count). The summed E-state index contributed by atoms with van der Waals surface area (Å²) in [6, 6.07) is 8.36. The molecule has 3 aromatic rings. The molecule has 0 atom stereocenters. The fourth-order valence-corrected chi connectivity index (χ4v) is 2.96. The van der Waals surface area contributed by atoms with E-state index in [1.807, 2.05) is 6.92 Å². The molecular weight excluding hydrogens is 379 g/mol. The molecule has 0 radical (unpaired) electrons. The second kappa shape index (κ2) is 8.59. The molecule has 0 aliphatic rings. The molecule has 8 nitrogen and oxygen atoms in total. The topological polar surface area (TPSA) is 114 Å². The maximum absolute atomic E-state index is 13.7. The van der Waals surface area contributed by atoms with Crippen LogP contribution in [0, 0.1) is 5.82 Å². The number of amides is 1. The summed E-state index contributed by atoms with van der Waals surface area (Å²) in [5, 5.41) is 0. The van der Waals surface area contributed by atoms with Crippen LogP contribution in [0.5, 0.6) is 0 Å². The molecular formula is C20H21FN4O4. The summed E-state index contributed by atoms with van der Waals surface area (Å²) in [5.41, 5.74) is 4.53. The van der Waals surface area contributed by atoms with Crippen LogP contribution < -0.4 is 21.9 Å². The van der Waals surface area contributed by atoms with Gasteiger partial charge in [0.15, 0.2) is 5.69 Å². The van der Waals surface area contributed by atoms with Gasteiger partial charge in [-0.3, -0.25) is 24.0 Å². The predicted octanol–water partition coefficient (Wildman–Crippen LogP) is 2.50. The number of unbranched alkanes of at least 4 members (excludes halogenated alkanes) is 1. The summed E-state index contributed by atoms with van der Waals surface area (Å²) >= 11 is 0. The van der Waals surface area contributed by atoms with Crippen molar-refractivity contribution in [2.75, 3.05) is 10.6 Å². The number of nitrogens with zero attached hydrogens (tertiary/aromatic N) is 2.